The van der Waals surface area contributed by atoms with E-state index in [0.717, 1.165) is 16.8 Å². The number of hydrogen-bond acceptors (Lipinski definition) is 4. The molecule has 1 N–H and O–H groups in total. The molecule has 0 aliphatic rings. The van der Waals surface area contributed by atoms with Gasteiger partial charge in [0, 0.05) is 30.6 Å². The summed E-state index contributed by atoms with van der Waals surface area (Å²) in [5, 5.41) is 7.53. The number of rotatable bonds is 5. The Morgan fingerprint density at radius 1 is 1.30 bits per heavy atom. The second-order valence-corrected chi connectivity index (χ2v) is 6.37. The van der Waals surface area contributed by atoms with Crippen molar-refractivity contribution in [2.75, 3.05) is 5.32 Å². The third-order valence-electron chi connectivity index (χ3n) is 3.90. The summed E-state index contributed by atoms with van der Waals surface area (Å²) in [6, 6.07) is 9.08. The number of aromatic nitrogens is 3. The summed E-state index contributed by atoms with van der Waals surface area (Å²) in [7, 11) is 1.75. The lowest BCUT2D eigenvalue weighted by Gasteiger charge is -2.10. The van der Waals surface area contributed by atoms with E-state index < -0.39 is 0 Å². The molecule has 1 aromatic carbocycles. The molecular formula is C20H19ClN4O2. The number of benzene rings is 1. The van der Waals surface area contributed by atoms with Crippen LogP contribution in [0.1, 0.15) is 16.8 Å². The van der Waals surface area contributed by atoms with Crippen LogP contribution >= 0.6 is 11.6 Å². The predicted molar refractivity (Wildman–Crippen MR) is 106 cm³/mol. The Labute approximate surface area is 162 Å². The van der Waals surface area contributed by atoms with Crippen LogP contribution in [-0.4, -0.2) is 20.7 Å². The van der Waals surface area contributed by atoms with Gasteiger partial charge in [0.05, 0.1) is 11.9 Å². The SMILES string of the molecule is Cc1cc(NC(=O)/C=C/c2c(C)nn(C)c2Cl)ccc1Oc1cccnc1. The number of carbonyl (C=O) groups excluding carboxylic acids is 1. The average molecular weight is 383 g/mol. The highest BCUT2D eigenvalue weighted by molar-refractivity contribution is 6.31. The smallest absolute Gasteiger partial charge is 0.248 e. The summed E-state index contributed by atoms with van der Waals surface area (Å²) >= 11 is 6.16. The van der Waals surface area contributed by atoms with Crippen molar-refractivity contribution in [2.45, 2.75) is 13.8 Å². The van der Waals surface area contributed by atoms with Gasteiger partial charge in [-0.25, -0.2) is 0 Å². The number of amides is 1. The number of carbonyl (C=O) groups is 1. The maximum Gasteiger partial charge on any atom is 0.248 e. The second-order valence-electron chi connectivity index (χ2n) is 6.01. The molecule has 0 saturated heterocycles. The van der Waals surface area contributed by atoms with E-state index in [2.05, 4.69) is 15.4 Å². The normalized spacial score (nSPS) is 11.0. The van der Waals surface area contributed by atoms with Crippen LogP contribution in [-0.2, 0) is 11.8 Å². The average Bonchev–Trinajstić information content (AvgIpc) is 2.88. The Morgan fingerprint density at radius 2 is 2.11 bits per heavy atom. The van der Waals surface area contributed by atoms with E-state index in [9.17, 15) is 4.79 Å². The van der Waals surface area contributed by atoms with E-state index in [4.69, 9.17) is 16.3 Å². The van der Waals surface area contributed by atoms with E-state index in [1.165, 1.54) is 6.08 Å². The van der Waals surface area contributed by atoms with E-state index in [-0.39, 0.29) is 5.91 Å². The summed E-state index contributed by atoms with van der Waals surface area (Å²) in [6.07, 6.45) is 6.43. The Hall–Kier alpha value is -3.12. The minimum atomic E-state index is -0.255. The summed E-state index contributed by atoms with van der Waals surface area (Å²) in [6.45, 7) is 3.75. The van der Waals surface area contributed by atoms with Crippen molar-refractivity contribution >= 4 is 29.3 Å². The Bertz CT molecular complexity index is 997. The Kier molecular flexibility index (Phi) is 5.57. The molecule has 0 radical (unpaired) electrons. The van der Waals surface area contributed by atoms with Crippen LogP contribution in [0.25, 0.3) is 6.08 Å². The third kappa shape index (κ3) is 4.54. The topological polar surface area (TPSA) is 69.0 Å². The highest BCUT2D eigenvalue weighted by Crippen LogP contribution is 2.27. The number of pyridine rings is 1. The fourth-order valence-corrected chi connectivity index (χ4v) is 2.79. The van der Waals surface area contributed by atoms with E-state index in [1.54, 1.807) is 36.3 Å². The second kappa shape index (κ2) is 8.05. The van der Waals surface area contributed by atoms with Gasteiger partial charge in [0.15, 0.2) is 0 Å². The summed E-state index contributed by atoms with van der Waals surface area (Å²) < 4.78 is 7.36. The number of hydrogen-bond donors (Lipinski definition) is 1. The van der Waals surface area contributed by atoms with Crippen LogP contribution in [0.15, 0.2) is 48.8 Å². The van der Waals surface area contributed by atoms with Gasteiger partial charge in [-0.05, 0) is 55.8 Å². The van der Waals surface area contributed by atoms with Crippen molar-refractivity contribution in [2.24, 2.45) is 7.05 Å². The molecule has 7 heteroatoms. The fraction of sp³-hybridized carbons (Fsp3) is 0.150. The Balaban J connectivity index is 1.67. The van der Waals surface area contributed by atoms with Gasteiger partial charge in [0.25, 0.3) is 0 Å². The fourth-order valence-electron chi connectivity index (χ4n) is 2.55. The van der Waals surface area contributed by atoms with Crippen LogP contribution in [0, 0.1) is 13.8 Å². The number of nitrogens with one attached hydrogen (secondary N) is 1. The first-order chi connectivity index (χ1) is 12.9. The largest absolute Gasteiger partial charge is 0.455 e. The number of aryl methyl sites for hydroxylation is 3. The Morgan fingerprint density at radius 3 is 2.74 bits per heavy atom. The number of ether oxygens (including phenoxy) is 1. The highest BCUT2D eigenvalue weighted by atomic mass is 35.5. The zero-order valence-corrected chi connectivity index (χ0v) is 16.0. The minimum Gasteiger partial charge on any atom is -0.455 e. The molecule has 3 rings (SSSR count). The summed E-state index contributed by atoms with van der Waals surface area (Å²) in [4.78, 5) is 16.2. The van der Waals surface area contributed by atoms with E-state index in [1.807, 2.05) is 38.1 Å². The lowest BCUT2D eigenvalue weighted by Crippen LogP contribution is -2.08. The van der Waals surface area contributed by atoms with Crippen molar-refractivity contribution in [1.82, 2.24) is 14.8 Å². The molecule has 2 aromatic heterocycles. The van der Waals surface area contributed by atoms with Gasteiger partial charge in [-0.2, -0.15) is 5.10 Å². The van der Waals surface area contributed by atoms with Crippen LogP contribution in [0.3, 0.4) is 0 Å². The van der Waals surface area contributed by atoms with Crippen LogP contribution in [0.4, 0.5) is 5.69 Å². The summed E-state index contributed by atoms with van der Waals surface area (Å²) in [5.41, 5.74) is 3.06. The number of nitrogens with zero attached hydrogens (tertiary/aromatic N) is 3. The minimum absolute atomic E-state index is 0.255. The molecular weight excluding hydrogens is 364 g/mol. The molecule has 6 nitrogen and oxygen atoms in total. The van der Waals surface area contributed by atoms with Crippen molar-refractivity contribution in [3.05, 3.63) is 70.8 Å². The van der Waals surface area contributed by atoms with Crippen molar-refractivity contribution in [3.63, 3.8) is 0 Å². The van der Waals surface area contributed by atoms with E-state index in [0.29, 0.717) is 22.3 Å². The zero-order chi connectivity index (χ0) is 19.4. The lowest BCUT2D eigenvalue weighted by molar-refractivity contribution is -0.111. The van der Waals surface area contributed by atoms with Crippen molar-refractivity contribution in [3.8, 4) is 11.5 Å². The molecule has 138 valence electrons. The third-order valence-corrected chi connectivity index (χ3v) is 4.35. The molecule has 27 heavy (non-hydrogen) atoms. The molecule has 0 unspecified atom stereocenters. The molecule has 0 atom stereocenters. The van der Waals surface area contributed by atoms with Crippen LogP contribution in [0.2, 0.25) is 5.15 Å². The van der Waals surface area contributed by atoms with Crippen LogP contribution in [0.5, 0.6) is 11.5 Å². The zero-order valence-electron chi connectivity index (χ0n) is 15.2. The molecule has 0 aliphatic carbocycles. The quantitative estimate of drug-likeness (QED) is 0.658. The number of halogens is 1. The van der Waals surface area contributed by atoms with Crippen LogP contribution < -0.4 is 10.1 Å². The van der Waals surface area contributed by atoms with Crippen molar-refractivity contribution in [1.29, 1.82) is 0 Å². The molecule has 0 fully saturated rings. The summed E-state index contributed by atoms with van der Waals surface area (Å²) in [5.74, 6) is 1.10. The van der Waals surface area contributed by atoms with Crippen molar-refractivity contribution < 1.29 is 9.53 Å². The highest BCUT2D eigenvalue weighted by Gasteiger charge is 2.09. The maximum atomic E-state index is 12.2. The monoisotopic (exact) mass is 382 g/mol. The van der Waals surface area contributed by atoms with Gasteiger partial charge < -0.3 is 10.1 Å². The van der Waals surface area contributed by atoms with Gasteiger partial charge in [-0.3, -0.25) is 14.5 Å². The first-order valence-electron chi connectivity index (χ1n) is 8.30. The van der Waals surface area contributed by atoms with Gasteiger partial charge in [-0.15, -0.1) is 0 Å². The molecule has 0 saturated carbocycles. The van der Waals surface area contributed by atoms with Gasteiger partial charge in [0.2, 0.25) is 5.91 Å². The maximum absolute atomic E-state index is 12.2. The van der Waals surface area contributed by atoms with E-state index >= 15 is 0 Å². The molecule has 3 aromatic rings. The van der Waals surface area contributed by atoms with Gasteiger partial charge >= 0.3 is 0 Å². The molecule has 0 spiro atoms. The molecule has 0 aliphatic heterocycles. The predicted octanol–water partition coefficient (Wildman–Crippen LogP) is 4.53. The van der Waals surface area contributed by atoms with Gasteiger partial charge in [-0.1, -0.05) is 11.6 Å². The molecule has 2 heterocycles. The number of anilines is 1. The molecule has 0 bridgehead atoms. The first kappa shape index (κ1) is 18.7. The standard InChI is InChI=1S/C20H19ClN4O2/c1-13-11-15(6-8-18(13)27-16-5-4-10-22-12-16)23-19(26)9-7-17-14(2)24-25(3)20(17)21/h4-12H,1-3H3,(H,23,26)/b9-7+. The van der Waals surface area contributed by atoms with Gasteiger partial charge in [0.1, 0.15) is 16.7 Å². The molecule has 1 amide bonds. The first-order valence-corrected chi connectivity index (χ1v) is 8.68. The lowest BCUT2D eigenvalue weighted by atomic mass is 10.2.